The molecule has 37 heavy (non-hydrogen) atoms. The van der Waals surface area contributed by atoms with Gasteiger partial charge in [-0.15, -0.1) is 5.01 Å². The summed E-state index contributed by atoms with van der Waals surface area (Å²) in [5.74, 6) is 0.521. The van der Waals surface area contributed by atoms with Crippen molar-refractivity contribution in [2.24, 2.45) is 5.28 Å². The van der Waals surface area contributed by atoms with E-state index < -0.39 is 18.7 Å². The highest BCUT2D eigenvalue weighted by molar-refractivity contribution is 8.77. The zero-order valence-corrected chi connectivity index (χ0v) is 22.6. The molecule has 9 nitrogen and oxygen atoms in total. The second-order valence-corrected chi connectivity index (χ2v) is 12.0. The zero-order valence-electron chi connectivity index (χ0n) is 21.0. The van der Waals surface area contributed by atoms with Gasteiger partial charge in [0.1, 0.15) is 5.75 Å². The summed E-state index contributed by atoms with van der Waals surface area (Å²) in [6, 6.07) is 11.1. The molecule has 2 aliphatic heterocycles. The second kappa shape index (κ2) is 13.8. The van der Waals surface area contributed by atoms with Crippen molar-refractivity contribution in [2.75, 3.05) is 25.6 Å². The van der Waals surface area contributed by atoms with E-state index in [1.54, 1.807) is 13.0 Å². The first kappa shape index (κ1) is 27.4. The third kappa shape index (κ3) is 8.16. The fourth-order valence-electron chi connectivity index (χ4n) is 4.31. The molecule has 0 spiro atoms. The molecular weight excluding hydrogens is 514 g/mol. The van der Waals surface area contributed by atoms with Crippen LogP contribution < -0.4 is 4.74 Å². The van der Waals surface area contributed by atoms with Gasteiger partial charge in [-0.3, -0.25) is 9.59 Å². The van der Waals surface area contributed by atoms with E-state index >= 15 is 0 Å². The molecule has 0 saturated carbocycles. The van der Waals surface area contributed by atoms with Gasteiger partial charge >= 0.3 is 11.9 Å². The Hall–Kier alpha value is -2.66. The van der Waals surface area contributed by atoms with Gasteiger partial charge < -0.3 is 19.5 Å². The molecule has 0 radical (unpaired) electrons. The number of esters is 2. The molecule has 2 fully saturated rings. The summed E-state index contributed by atoms with van der Waals surface area (Å²) < 4.78 is 10.7. The van der Waals surface area contributed by atoms with E-state index in [0.29, 0.717) is 30.2 Å². The van der Waals surface area contributed by atoms with Crippen molar-refractivity contribution in [1.82, 2.24) is 5.01 Å². The lowest BCUT2D eigenvalue weighted by atomic mass is 9.98. The number of rotatable bonds is 12. The molecule has 0 aromatic heterocycles. The Morgan fingerprint density at radius 2 is 1.95 bits per heavy atom. The largest absolute Gasteiger partial charge is 0.569 e. The van der Waals surface area contributed by atoms with E-state index in [4.69, 9.17) is 14.3 Å². The average Bonchev–Trinajstić information content (AvgIpc) is 3.63. The molecule has 0 aliphatic carbocycles. The van der Waals surface area contributed by atoms with Crippen molar-refractivity contribution in [1.29, 1.82) is 0 Å². The van der Waals surface area contributed by atoms with Gasteiger partial charge in [-0.25, -0.2) is 0 Å². The first-order valence-electron chi connectivity index (χ1n) is 12.7. The van der Waals surface area contributed by atoms with Gasteiger partial charge in [-0.2, -0.15) is 0 Å². The fraction of sp³-hybridized carbons (Fsp3) is 0.538. The fourth-order valence-corrected chi connectivity index (χ4v) is 7.33. The van der Waals surface area contributed by atoms with E-state index in [9.17, 15) is 14.8 Å². The van der Waals surface area contributed by atoms with Gasteiger partial charge in [-0.05, 0) is 67.5 Å². The number of ether oxygens (including phenoxy) is 2. The van der Waals surface area contributed by atoms with Gasteiger partial charge in [0.05, 0.1) is 24.0 Å². The van der Waals surface area contributed by atoms with Crippen LogP contribution in [-0.4, -0.2) is 52.8 Å². The Balaban J connectivity index is 1.22. The normalized spacial score (nSPS) is 18.7. The van der Waals surface area contributed by atoms with Crippen LogP contribution in [0, 0.1) is 5.21 Å². The smallest absolute Gasteiger partial charge is 0.316 e. The number of carbonyl (C=O) groups excluding carboxylic acids is 2. The van der Waals surface area contributed by atoms with Crippen molar-refractivity contribution in [2.45, 2.75) is 63.0 Å². The van der Waals surface area contributed by atoms with Gasteiger partial charge in [0, 0.05) is 17.4 Å². The van der Waals surface area contributed by atoms with Gasteiger partial charge in [0.2, 0.25) is 5.28 Å². The van der Waals surface area contributed by atoms with Crippen LogP contribution in [-0.2, 0) is 19.2 Å². The number of hydrogen-bond donors (Lipinski definition) is 0. The van der Waals surface area contributed by atoms with Crippen molar-refractivity contribution in [3.8, 4) is 5.75 Å². The molecule has 2 saturated heterocycles. The Morgan fingerprint density at radius 3 is 2.73 bits per heavy atom. The predicted molar refractivity (Wildman–Crippen MR) is 144 cm³/mol. The Bertz CT molecular complexity index is 1100. The number of hydrogen-bond acceptors (Lipinski definition) is 9. The molecule has 2 aliphatic rings. The molecule has 2 heterocycles. The lowest BCUT2D eigenvalue weighted by molar-refractivity contribution is -0.708. The molecule has 4 rings (SSSR count). The highest BCUT2D eigenvalue weighted by Gasteiger charge is 2.20. The molecular formula is C26H33N3O6S2. The first-order chi connectivity index (χ1) is 18.0. The van der Waals surface area contributed by atoms with Gasteiger partial charge in [0.15, 0.2) is 0 Å². The van der Waals surface area contributed by atoms with Crippen LogP contribution in [0.3, 0.4) is 0 Å². The lowest BCUT2D eigenvalue weighted by Crippen LogP contribution is -2.27. The monoisotopic (exact) mass is 547 g/mol. The summed E-state index contributed by atoms with van der Waals surface area (Å²) in [5, 5.41) is 19.2. The van der Waals surface area contributed by atoms with Crippen molar-refractivity contribution < 1.29 is 28.9 Å². The highest BCUT2D eigenvalue weighted by Crippen LogP contribution is 2.40. The first-order valence-corrected chi connectivity index (χ1v) is 15.1. The van der Waals surface area contributed by atoms with E-state index in [0.717, 1.165) is 53.7 Å². The summed E-state index contributed by atoms with van der Waals surface area (Å²) in [6.07, 6.45) is 6.63. The van der Waals surface area contributed by atoms with Crippen LogP contribution in [0.25, 0.3) is 10.8 Å². The molecule has 2 atom stereocenters. The van der Waals surface area contributed by atoms with Crippen LogP contribution in [0.15, 0.2) is 41.7 Å². The van der Waals surface area contributed by atoms with E-state index in [-0.39, 0.29) is 5.97 Å². The maximum absolute atomic E-state index is 12.4. The number of fused-ring (bicyclic) bond motifs is 1. The molecule has 0 unspecified atom stereocenters. The summed E-state index contributed by atoms with van der Waals surface area (Å²) >= 11 is 0. The minimum atomic E-state index is -0.534. The van der Waals surface area contributed by atoms with Crippen LogP contribution in [0.4, 0.5) is 0 Å². The van der Waals surface area contributed by atoms with Crippen LogP contribution >= 0.6 is 21.6 Å². The number of benzene rings is 2. The van der Waals surface area contributed by atoms with E-state index in [1.165, 1.54) is 17.2 Å². The molecule has 2 aromatic rings. The zero-order chi connectivity index (χ0) is 26.0. The number of carbonyl (C=O) groups is 2. The Labute approximate surface area is 224 Å². The lowest BCUT2D eigenvalue weighted by Gasteiger charge is -2.13. The molecule has 200 valence electrons. The SMILES string of the molecule is C[C@H](C(=O)OCO/N=[N+](\[O-])N1CCCC1)c1ccc2cc(OC(=O)CCCC[C@@H]3CCSS3)ccc2c1. The van der Waals surface area contributed by atoms with Gasteiger partial charge in [0.25, 0.3) is 6.79 Å². The predicted octanol–water partition coefficient (Wildman–Crippen LogP) is 5.97. The van der Waals surface area contributed by atoms with E-state index in [2.05, 4.69) is 5.28 Å². The van der Waals surface area contributed by atoms with Crippen molar-refractivity contribution in [3.05, 3.63) is 47.2 Å². The van der Waals surface area contributed by atoms with Crippen molar-refractivity contribution in [3.63, 3.8) is 0 Å². The second-order valence-electron chi connectivity index (χ2n) is 9.24. The maximum Gasteiger partial charge on any atom is 0.316 e. The number of unbranched alkanes of at least 4 members (excludes halogenated alkanes) is 1. The number of hydrazine groups is 1. The minimum Gasteiger partial charge on any atom is -0.569 e. The third-order valence-electron chi connectivity index (χ3n) is 6.51. The summed E-state index contributed by atoms with van der Waals surface area (Å²) in [7, 11) is 3.91. The maximum atomic E-state index is 12.4. The third-order valence-corrected chi connectivity index (χ3v) is 9.52. The molecule has 2 aromatic carbocycles. The quantitative estimate of drug-likeness (QED) is 0.0465. The summed E-state index contributed by atoms with van der Waals surface area (Å²) in [6.45, 7) is 2.58. The molecule has 0 amide bonds. The van der Waals surface area contributed by atoms with Crippen LogP contribution in [0.1, 0.15) is 63.4 Å². The topological polar surface area (TPSA) is 104 Å². The van der Waals surface area contributed by atoms with Crippen LogP contribution in [0.5, 0.6) is 5.75 Å². The summed E-state index contributed by atoms with van der Waals surface area (Å²) in [4.78, 5) is 29.9. The van der Waals surface area contributed by atoms with Gasteiger partial charge in [-0.1, -0.05) is 52.3 Å². The van der Waals surface area contributed by atoms with E-state index in [1.807, 2.05) is 51.9 Å². The standard InChI is InChI=1S/C26H33N3O6S2/c1-19(26(31)33-18-34-27-29(32)28-13-4-5-14-28)20-8-9-22-17-23(11-10-21(22)16-20)35-25(30)7-3-2-6-24-12-15-36-37-24/h8-11,16-17,19,24H,2-7,12-15,18H2,1H3/b29-27-/t19-,24+/m0/s1. The van der Waals surface area contributed by atoms with Crippen molar-refractivity contribution >= 4 is 44.3 Å². The Kier molecular flexibility index (Phi) is 10.2. The highest BCUT2D eigenvalue weighted by atomic mass is 33.1. The van der Waals surface area contributed by atoms with Crippen LogP contribution in [0.2, 0.25) is 0 Å². The molecule has 0 bridgehead atoms. The minimum absolute atomic E-state index is 0.213. The Morgan fingerprint density at radius 1 is 1.16 bits per heavy atom. The molecule has 0 N–H and O–H groups in total. The number of nitrogens with zero attached hydrogens (tertiary/aromatic N) is 3. The summed E-state index contributed by atoms with van der Waals surface area (Å²) in [5.41, 5.74) is 0.778. The molecule has 11 heteroatoms. The average molecular weight is 548 g/mol.